The summed E-state index contributed by atoms with van der Waals surface area (Å²) >= 11 is 0. The molecule has 11 nitrogen and oxygen atoms in total. The Bertz CT molecular complexity index is 1350. The molecule has 0 radical (unpaired) electrons. The number of aromatic nitrogens is 4. The standard InChI is InChI=1S/C28H38N6O5/c1-16-23-18(14-34(6)33-23)12-21(24(16)38-15-37-7)25-29-13-22(17(2)30-25)26(35)31-19-8-10-20(11-9-19)32-27(36)39-28(3,4)5/h12-14,19-20H,8-11,15H2,1-7H3,(H,31,35)(H,32,36). The summed E-state index contributed by atoms with van der Waals surface area (Å²) in [5.74, 6) is 0.839. The summed E-state index contributed by atoms with van der Waals surface area (Å²) in [6.45, 7) is 9.33. The first-order valence-electron chi connectivity index (χ1n) is 13.2. The third-order valence-corrected chi connectivity index (χ3v) is 6.67. The Labute approximate surface area is 228 Å². The minimum atomic E-state index is -0.534. The van der Waals surface area contributed by atoms with E-state index in [-0.39, 0.29) is 24.8 Å². The van der Waals surface area contributed by atoms with Gasteiger partial charge in [0.2, 0.25) is 0 Å². The molecule has 1 saturated carbocycles. The average Bonchev–Trinajstić information content (AvgIpc) is 3.24. The number of methoxy groups -OCH3 is 1. The maximum atomic E-state index is 13.1. The molecule has 11 heteroatoms. The minimum Gasteiger partial charge on any atom is -0.466 e. The fraction of sp³-hybridized carbons (Fsp3) is 0.536. The normalized spacial score (nSPS) is 17.6. The molecule has 210 valence electrons. The maximum Gasteiger partial charge on any atom is 0.407 e. The van der Waals surface area contributed by atoms with Crippen molar-refractivity contribution >= 4 is 22.9 Å². The third kappa shape index (κ3) is 6.83. The summed E-state index contributed by atoms with van der Waals surface area (Å²) < 4.78 is 18.1. The number of nitrogens with zero attached hydrogens (tertiary/aromatic N) is 4. The van der Waals surface area contributed by atoms with Gasteiger partial charge in [0.25, 0.3) is 5.91 Å². The van der Waals surface area contributed by atoms with Gasteiger partial charge >= 0.3 is 6.09 Å². The second-order valence-electron chi connectivity index (χ2n) is 11.0. The van der Waals surface area contributed by atoms with Crippen LogP contribution in [0.25, 0.3) is 22.3 Å². The lowest BCUT2D eigenvalue weighted by atomic mass is 9.91. The second-order valence-corrected chi connectivity index (χ2v) is 11.0. The number of carbonyl (C=O) groups excluding carboxylic acids is 2. The molecular weight excluding hydrogens is 500 g/mol. The van der Waals surface area contributed by atoms with Gasteiger partial charge < -0.3 is 24.8 Å². The number of nitrogens with one attached hydrogen (secondary N) is 2. The molecule has 0 aliphatic heterocycles. The zero-order chi connectivity index (χ0) is 28.3. The van der Waals surface area contributed by atoms with Crippen LogP contribution in [0.3, 0.4) is 0 Å². The zero-order valence-electron chi connectivity index (χ0n) is 23.8. The van der Waals surface area contributed by atoms with Crippen LogP contribution >= 0.6 is 0 Å². The number of aryl methyl sites for hydroxylation is 3. The molecule has 2 amide bonds. The van der Waals surface area contributed by atoms with Crippen molar-refractivity contribution < 1.29 is 23.8 Å². The highest BCUT2D eigenvalue weighted by Crippen LogP contribution is 2.36. The highest BCUT2D eigenvalue weighted by atomic mass is 16.7. The molecule has 0 saturated heterocycles. The Morgan fingerprint density at radius 1 is 1.10 bits per heavy atom. The predicted molar refractivity (Wildman–Crippen MR) is 147 cm³/mol. The van der Waals surface area contributed by atoms with Crippen molar-refractivity contribution in [1.29, 1.82) is 0 Å². The molecule has 0 unspecified atom stereocenters. The first kappa shape index (κ1) is 28.3. The van der Waals surface area contributed by atoms with Gasteiger partial charge in [-0.3, -0.25) is 9.48 Å². The van der Waals surface area contributed by atoms with Crippen LogP contribution in [0.5, 0.6) is 5.75 Å². The van der Waals surface area contributed by atoms with Gasteiger partial charge in [0.05, 0.1) is 22.3 Å². The van der Waals surface area contributed by atoms with Crippen LogP contribution in [0.1, 0.15) is 68.1 Å². The number of benzene rings is 1. The van der Waals surface area contributed by atoms with Crippen molar-refractivity contribution in [3.05, 3.63) is 35.3 Å². The van der Waals surface area contributed by atoms with Crippen LogP contribution in [0, 0.1) is 13.8 Å². The molecule has 39 heavy (non-hydrogen) atoms. The molecule has 3 aromatic rings. The van der Waals surface area contributed by atoms with E-state index in [9.17, 15) is 9.59 Å². The van der Waals surface area contributed by atoms with Gasteiger partial charge in [-0.2, -0.15) is 5.10 Å². The molecule has 2 N–H and O–H groups in total. The first-order valence-corrected chi connectivity index (χ1v) is 13.2. The van der Waals surface area contributed by atoms with Crippen molar-refractivity contribution in [3.63, 3.8) is 0 Å². The fourth-order valence-electron chi connectivity index (χ4n) is 4.84. The number of alkyl carbamates (subject to hydrolysis) is 1. The molecule has 1 fully saturated rings. The van der Waals surface area contributed by atoms with Gasteiger partial charge in [-0.25, -0.2) is 14.8 Å². The maximum absolute atomic E-state index is 13.1. The quantitative estimate of drug-likeness (QED) is 0.428. The van der Waals surface area contributed by atoms with Gasteiger partial charge in [0, 0.05) is 49.6 Å². The molecule has 1 aliphatic rings. The third-order valence-electron chi connectivity index (χ3n) is 6.67. The first-order chi connectivity index (χ1) is 18.4. The van der Waals surface area contributed by atoms with E-state index in [1.807, 2.05) is 47.0 Å². The van der Waals surface area contributed by atoms with Crippen LogP contribution in [0.15, 0.2) is 18.5 Å². The molecule has 1 aliphatic carbocycles. The second kappa shape index (κ2) is 11.6. The number of carbonyl (C=O) groups is 2. The van der Waals surface area contributed by atoms with Gasteiger partial charge in [-0.15, -0.1) is 0 Å². The van der Waals surface area contributed by atoms with Gasteiger partial charge in [-0.05, 0) is 66.4 Å². The molecule has 4 rings (SSSR count). The molecule has 0 spiro atoms. The number of ether oxygens (including phenoxy) is 3. The summed E-state index contributed by atoms with van der Waals surface area (Å²) in [7, 11) is 3.43. The number of hydrogen-bond acceptors (Lipinski definition) is 8. The minimum absolute atomic E-state index is 0.0120. The van der Waals surface area contributed by atoms with E-state index in [4.69, 9.17) is 14.2 Å². The Kier molecular flexibility index (Phi) is 8.39. The van der Waals surface area contributed by atoms with Crippen molar-refractivity contribution in [2.24, 2.45) is 7.05 Å². The van der Waals surface area contributed by atoms with Crippen molar-refractivity contribution in [2.45, 2.75) is 78.0 Å². The van der Waals surface area contributed by atoms with Crippen LogP contribution < -0.4 is 15.4 Å². The lowest BCUT2D eigenvalue weighted by molar-refractivity contribution is 0.0487. The lowest BCUT2D eigenvalue weighted by Gasteiger charge is -2.30. The van der Waals surface area contributed by atoms with E-state index in [0.717, 1.165) is 42.1 Å². The smallest absolute Gasteiger partial charge is 0.407 e. The Balaban J connectivity index is 1.45. The van der Waals surface area contributed by atoms with Gasteiger partial charge in [-0.1, -0.05) is 0 Å². The molecule has 0 atom stereocenters. The number of amides is 2. The van der Waals surface area contributed by atoms with Gasteiger partial charge in [0.1, 0.15) is 11.4 Å². The van der Waals surface area contributed by atoms with E-state index in [0.29, 0.717) is 28.4 Å². The van der Waals surface area contributed by atoms with Gasteiger partial charge in [0.15, 0.2) is 12.6 Å². The topological polar surface area (TPSA) is 129 Å². The van der Waals surface area contributed by atoms with E-state index in [1.54, 1.807) is 24.9 Å². The van der Waals surface area contributed by atoms with E-state index in [2.05, 4.69) is 25.7 Å². The van der Waals surface area contributed by atoms with Crippen molar-refractivity contribution in [2.75, 3.05) is 13.9 Å². The van der Waals surface area contributed by atoms with Crippen LogP contribution in [-0.4, -0.2) is 63.3 Å². The largest absolute Gasteiger partial charge is 0.466 e. The molecule has 2 heterocycles. The summed E-state index contributed by atoms with van der Waals surface area (Å²) in [6, 6.07) is 1.99. The lowest BCUT2D eigenvalue weighted by Crippen LogP contribution is -2.45. The van der Waals surface area contributed by atoms with Crippen LogP contribution in [0.2, 0.25) is 0 Å². The fourth-order valence-corrected chi connectivity index (χ4v) is 4.84. The van der Waals surface area contributed by atoms with E-state index >= 15 is 0 Å². The molecule has 2 aromatic heterocycles. The SMILES string of the molecule is COCOc1c(-c2ncc(C(=O)NC3CCC(NC(=O)OC(C)(C)C)CC3)c(C)n2)cc2cn(C)nc2c1C. The number of hydrogen-bond donors (Lipinski definition) is 2. The highest BCUT2D eigenvalue weighted by Gasteiger charge is 2.27. The van der Waals surface area contributed by atoms with Crippen molar-refractivity contribution in [1.82, 2.24) is 30.4 Å². The summed E-state index contributed by atoms with van der Waals surface area (Å²) in [5.41, 5.74) is 2.85. The number of rotatable bonds is 7. The summed E-state index contributed by atoms with van der Waals surface area (Å²) in [6.07, 6.45) is 6.13. The summed E-state index contributed by atoms with van der Waals surface area (Å²) in [5, 5.41) is 11.5. The molecular formula is C28H38N6O5. The Morgan fingerprint density at radius 2 is 1.77 bits per heavy atom. The predicted octanol–water partition coefficient (Wildman–Crippen LogP) is 4.20. The molecule has 1 aromatic carbocycles. The van der Waals surface area contributed by atoms with E-state index in [1.165, 1.54) is 0 Å². The van der Waals surface area contributed by atoms with Crippen molar-refractivity contribution in [3.8, 4) is 17.1 Å². The monoisotopic (exact) mass is 538 g/mol. The highest BCUT2D eigenvalue weighted by molar-refractivity contribution is 5.95. The number of fused-ring (bicyclic) bond motifs is 1. The van der Waals surface area contributed by atoms with E-state index < -0.39 is 11.7 Å². The average molecular weight is 539 g/mol. The Hall–Kier alpha value is -3.73. The van der Waals surface area contributed by atoms with Crippen LogP contribution in [-0.2, 0) is 16.5 Å². The van der Waals surface area contributed by atoms with Crippen LogP contribution in [0.4, 0.5) is 4.79 Å². The summed E-state index contributed by atoms with van der Waals surface area (Å²) in [4.78, 5) is 34.4. The zero-order valence-corrected chi connectivity index (χ0v) is 23.8. The molecule has 0 bridgehead atoms. The Morgan fingerprint density at radius 3 is 2.38 bits per heavy atom.